The second kappa shape index (κ2) is 10.8. The van der Waals surface area contributed by atoms with Crippen molar-refractivity contribution in [2.75, 3.05) is 6.54 Å². The summed E-state index contributed by atoms with van der Waals surface area (Å²) in [6.45, 7) is 1.88. The Bertz CT molecular complexity index is 1380. The van der Waals surface area contributed by atoms with Crippen LogP contribution < -0.4 is 10.6 Å². The molecular formula is C26H30F5N7O2. The van der Waals surface area contributed by atoms with Gasteiger partial charge < -0.3 is 10.6 Å². The van der Waals surface area contributed by atoms with Crippen LogP contribution in [-0.4, -0.2) is 54.8 Å². The Kier molecular flexibility index (Phi) is 7.53. The highest BCUT2D eigenvalue weighted by Gasteiger charge is 2.45. The molecule has 9 nitrogen and oxygen atoms in total. The molecule has 14 heteroatoms. The molecule has 1 aliphatic heterocycles. The number of aryl methyl sites for hydroxylation is 1. The zero-order valence-corrected chi connectivity index (χ0v) is 21.8. The number of aromatic nitrogens is 5. The summed E-state index contributed by atoms with van der Waals surface area (Å²) in [5, 5.41) is 13.9. The van der Waals surface area contributed by atoms with Gasteiger partial charge in [-0.1, -0.05) is 0 Å². The minimum absolute atomic E-state index is 0.0146. The molecule has 1 saturated heterocycles. The number of nitrogens with one attached hydrogen (secondary N) is 2. The lowest BCUT2D eigenvalue weighted by Crippen LogP contribution is -2.47. The summed E-state index contributed by atoms with van der Waals surface area (Å²) >= 11 is 0. The molecule has 3 atom stereocenters. The lowest BCUT2D eigenvalue weighted by atomic mass is 9.81. The first-order chi connectivity index (χ1) is 18.9. The van der Waals surface area contributed by atoms with Gasteiger partial charge in [0.15, 0.2) is 5.65 Å². The fourth-order valence-electron chi connectivity index (χ4n) is 5.60. The largest absolute Gasteiger partial charge is 0.393 e. The molecule has 1 saturated carbocycles. The van der Waals surface area contributed by atoms with Crippen LogP contribution >= 0.6 is 0 Å². The van der Waals surface area contributed by atoms with Crippen molar-refractivity contribution in [1.29, 1.82) is 0 Å². The number of carbonyl (C=O) groups excluding carboxylic acids is 2. The highest BCUT2D eigenvalue weighted by atomic mass is 19.4. The topological polar surface area (TPSA) is 106 Å². The van der Waals surface area contributed by atoms with Crippen LogP contribution in [0, 0.1) is 17.8 Å². The van der Waals surface area contributed by atoms with Crippen molar-refractivity contribution >= 4 is 17.5 Å². The number of hydrogen-bond acceptors (Lipinski definition) is 5. The third-order valence-electron chi connectivity index (χ3n) is 7.86. The number of halogens is 5. The average Bonchev–Trinajstić information content (AvgIpc) is 3.55. The predicted octanol–water partition coefficient (Wildman–Crippen LogP) is 4.10. The van der Waals surface area contributed by atoms with Gasteiger partial charge in [0.1, 0.15) is 5.69 Å². The molecule has 2 unspecified atom stereocenters. The van der Waals surface area contributed by atoms with Crippen LogP contribution in [0.15, 0.2) is 30.6 Å². The maximum Gasteiger partial charge on any atom is 0.393 e. The van der Waals surface area contributed by atoms with Gasteiger partial charge in [0, 0.05) is 44.5 Å². The highest BCUT2D eigenvalue weighted by molar-refractivity contribution is 5.92. The second-order valence-corrected chi connectivity index (χ2v) is 10.6. The smallest absolute Gasteiger partial charge is 0.355 e. The lowest BCUT2D eigenvalue weighted by Gasteiger charge is -2.33. The molecule has 216 valence electrons. The first-order valence-corrected chi connectivity index (χ1v) is 13.3. The van der Waals surface area contributed by atoms with E-state index in [9.17, 15) is 31.5 Å². The fourth-order valence-corrected chi connectivity index (χ4v) is 5.60. The molecule has 2 fully saturated rings. The van der Waals surface area contributed by atoms with Gasteiger partial charge in [0.05, 0.1) is 29.5 Å². The van der Waals surface area contributed by atoms with Crippen LogP contribution in [0.2, 0.25) is 0 Å². The Balaban J connectivity index is 1.39. The summed E-state index contributed by atoms with van der Waals surface area (Å²) in [7, 11) is 0. The van der Waals surface area contributed by atoms with Gasteiger partial charge in [0.2, 0.25) is 11.8 Å². The van der Waals surface area contributed by atoms with Gasteiger partial charge in [-0.3, -0.25) is 14.3 Å². The molecule has 3 aromatic rings. The zero-order chi connectivity index (χ0) is 28.7. The van der Waals surface area contributed by atoms with Gasteiger partial charge in [-0.05, 0) is 50.3 Å². The standard InChI is InChI=1S/C26H30F5N7O2/c1-2-37-20(7-10-33-37)24(40)35-22(15-5-8-25(27,28)9-6-15)19-14-38-21(34-19)4-3-18(36-38)12-16-11-17(26(29,30)31)13-32-23(16)39/h3-4,7,10,14-17,22H,2,5-6,8-9,11-13H2,1H3,(H,32,39)(H,35,40)/t16?,17-,22?/m0/s1. The van der Waals surface area contributed by atoms with E-state index in [1.165, 1.54) is 15.4 Å². The van der Waals surface area contributed by atoms with Crippen LogP contribution in [-0.2, 0) is 17.8 Å². The fraction of sp³-hybridized carbons (Fsp3) is 0.577. The van der Waals surface area contributed by atoms with Gasteiger partial charge in [-0.2, -0.15) is 23.4 Å². The third kappa shape index (κ3) is 5.94. The SMILES string of the molecule is CCn1nccc1C(=O)NC(c1cn2nc(CC3C[C@H](C(F)(F)F)CNC3=O)ccc2n1)C1CCC(F)(F)CC1. The molecular weight excluding hydrogens is 537 g/mol. The Morgan fingerprint density at radius 3 is 2.67 bits per heavy atom. The van der Waals surface area contributed by atoms with Crippen molar-refractivity contribution in [2.24, 2.45) is 17.8 Å². The van der Waals surface area contributed by atoms with E-state index in [0.717, 1.165) is 0 Å². The number of piperidine rings is 1. The van der Waals surface area contributed by atoms with E-state index in [4.69, 9.17) is 0 Å². The molecule has 0 aromatic carbocycles. The van der Waals surface area contributed by atoms with Crippen LogP contribution in [0.25, 0.3) is 5.65 Å². The Hall–Kier alpha value is -3.58. The van der Waals surface area contributed by atoms with E-state index in [-0.39, 0.29) is 44.4 Å². The van der Waals surface area contributed by atoms with E-state index >= 15 is 0 Å². The van der Waals surface area contributed by atoms with Crippen LogP contribution in [0.4, 0.5) is 22.0 Å². The van der Waals surface area contributed by atoms with Crippen molar-refractivity contribution in [1.82, 2.24) is 35.0 Å². The summed E-state index contributed by atoms with van der Waals surface area (Å²) in [5.41, 5.74) is 1.59. The van der Waals surface area contributed by atoms with Crippen LogP contribution in [0.3, 0.4) is 0 Å². The predicted molar refractivity (Wildman–Crippen MR) is 132 cm³/mol. The minimum atomic E-state index is -4.40. The molecule has 0 bridgehead atoms. The maximum atomic E-state index is 13.9. The van der Waals surface area contributed by atoms with Crippen molar-refractivity contribution in [3.05, 3.63) is 47.7 Å². The number of imidazole rings is 1. The molecule has 40 heavy (non-hydrogen) atoms. The Morgan fingerprint density at radius 2 is 1.98 bits per heavy atom. The monoisotopic (exact) mass is 567 g/mol. The maximum absolute atomic E-state index is 13.9. The lowest BCUT2D eigenvalue weighted by molar-refractivity contribution is -0.183. The number of rotatable bonds is 7. The van der Waals surface area contributed by atoms with Gasteiger partial charge in [-0.25, -0.2) is 18.3 Å². The van der Waals surface area contributed by atoms with E-state index in [0.29, 0.717) is 29.3 Å². The van der Waals surface area contributed by atoms with E-state index in [1.54, 1.807) is 24.4 Å². The van der Waals surface area contributed by atoms with Gasteiger partial charge in [0.25, 0.3) is 5.91 Å². The summed E-state index contributed by atoms with van der Waals surface area (Å²) in [6, 6.07) is 4.14. The van der Waals surface area contributed by atoms with E-state index in [1.807, 2.05) is 6.92 Å². The number of carbonyl (C=O) groups is 2. The number of fused-ring (bicyclic) bond motifs is 1. The molecule has 2 N–H and O–H groups in total. The molecule has 0 radical (unpaired) electrons. The Morgan fingerprint density at radius 1 is 1.23 bits per heavy atom. The summed E-state index contributed by atoms with van der Waals surface area (Å²) in [5.74, 6) is -6.40. The molecule has 1 aliphatic carbocycles. The number of hydrogen-bond donors (Lipinski definition) is 2. The quantitative estimate of drug-likeness (QED) is 0.419. The molecule has 2 amide bonds. The first-order valence-electron chi connectivity index (χ1n) is 13.3. The zero-order valence-electron chi connectivity index (χ0n) is 21.8. The van der Waals surface area contributed by atoms with E-state index < -0.39 is 48.3 Å². The number of alkyl halides is 5. The van der Waals surface area contributed by atoms with E-state index in [2.05, 4.69) is 25.8 Å². The van der Waals surface area contributed by atoms with Crippen molar-refractivity contribution in [3.63, 3.8) is 0 Å². The summed E-state index contributed by atoms with van der Waals surface area (Å²) < 4.78 is 70.5. The van der Waals surface area contributed by atoms with Crippen molar-refractivity contribution in [3.8, 4) is 0 Å². The molecule has 5 rings (SSSR count). The number of nitrogens with zero attached hydrogens (tertiary/aromatic N) is 5. The number of amides is 2. The summed E-state index contributed by atoms with van der Waals surface area (Å²) in [6.07, 6.45) is -1.82. The van der Waals surface area contributed by atoms with Crippen LogP contribution in [0.1, 0.15) is 66.9 Å². The molecule has 0 spiro atoms. The molecule has 2 aliphatic rings. The third-order valence-corrected chi connectivity index (χ3v) is 7.86. The minimum Gasteiger partial charge on any atom is -0.355 e. The normalized spacial score (nSPS) is 22.7. The van der Waals surface area contributed by atoms with Gasteiger partial charge in [-0.15, -0.1) is 0 Å². The van der Waals surface area contributed by atoms with Crippen LogP contribution in [0.5, 0.6) is 0 Å². The Labute approximate surface area is 226 Å². The first kappa shape index (κ1) is 28.0. The average molecular weight is 568 g/mol. The second-order valence-electron chi connectivity index (χ2n) is 10.6. The highest BCUT2D eigenvalue weighted by Crippen LogP contribution is 2.41. The van der Waals surface area contributed by atoms with Crippen molar-refractivity contribution in [2.45, 2.75) is 70.1 Å². The van der Waals surface area contributed by atoms with Gasteiger partial charge >= 0.3 is 6.18 Å². The molecule has 3 aromatic heterocycles. The van der Waals surface area contributed by atoms with Crippen molar-refractivity contribution < 1.29 is 31.5 Å². The molecule has 4 heterocycles. The summed E-state index contributed by atoms with van der Waals surface area (Å²) in [4.78, 5) is 30.0.